The number of hydrogen-bond acceptors (Lipinski definition) is 3. The summed E-state index contributed by atoms with van der Waals surface area (Å²) in [7, 11) is 0. The van der Waals surface area contributed by atoms with Crippen molar-refractivity contribution in [2.75, 3.05) is 13.2 Å². The van der Waals surface area contributed by atoms with Crippen molar-refractivity contribution in [3.05, 3.63) is 23.8 Å². The van der Waals surface area contributed by atoms with Crippen LogP contribution in [0.2, 0.25) is 0 Å². The minimum Gasteiger partial charge on any atom is -0.490 e. The first-order valence-corrected chi connectivity index (χ1v) is 8.77. The van der Waals surface area contributed by atoms with Crippen molar-refractivity contribution in [2.45, 2.75) is 65.2 Å². The van der Waals surface area contributed by atoms with E-state index in [1.54, 1.807) is 0 Å². The van der Waals surface area contributed by atoms with Crippen LogP contribution in [0.5, 0.6) is 11.5 Å². The highest BCUT2D eigenvalue weighted by Crippen LogP contribution is 2.29. The quantitative estimate of drug-likeness (QED) is 0.528. The summed E-state index contributed by atoms with van der Waals surface area (Å²) in [5.41, 5.74) is 1.21. The molecular weight excluding hydrogens is 292 g/mol. The lowest BCUT2D eigenvalue weighted by Crippen LogP contribution is -2.10. The lowest BCUT2D eigenvalue weighted by molar-refractivity contribution is -0.139. The van der Waals surface area contributed by atoms with Crippen LogP contribution in [0, 0.1) is 0 Å². The first-order chi connectivity index (χ1) is 11.2. The van der Waals surface area contributed by atoms with Gasteiger partial charge in [0.15, 0.2) is 18.1 Å². The Hall–Kier alpha value is -1.71. The first kappa shape index (κ1) is 19.3. The van der Waals surface area contributed by atoms with E-state index in [2.05, 4.69) is 6.92 Å². The Morgan fingerprint density at radius 3 is 2.30 bits per heavy atom. The molecule has 0 bridgehead atoms. The van der Waals surface area contributed by atoms with E-state index < -0.39 is 5.97 Å². The summed E-state index contributed by atoms with van der Waals surface area (Å²) in [6.45, 7) is 4.32. The fourth-order valence-electron chi connectivity index (χ4n) is 2.52. The van der Waals surface area contributed by atoms with Gasteiger partial charge in [0, 0.05) is 0 Å². The molecule has 0 aliphatic rings. The number of hydrogen-bond donors (Lipinski definition) is 1. The molecular formula is C19H30O4. The Balaban J connectivity index is 2.43. The van der Waals surface area contributed by atoms with E-state index >= 15 is 0 Å². The van der Waals surface area contributed by atoms with Crippen LogP contribution in [0.3, 0.4) is 0 Å². The maximum Gasteiger partial charge on any atom is 0.341 e. The third kappa shape index (κ3) is 8.48. The Morgan fingerprint density at radius 1 is 0.957 bits per heavy atom. The van der Waals surface area contributed by atoms with E-state index in [9.17, 15) is 4.79 Å². The highest BCUT2D eigenvalue weighted by molar-refractivity contribution is 5.68. The largest absolute Gasteiger partial charge is 0.490 e. The fourth-order valence-corrected chi connectivity index (χ4v) is 2.52. The van der Waals surface area contributed by atoms with Gasteiger partial charge in [-0.3, -0.25) is 0 Å². The minimum absolute atomic E-state index is 0.350. The summed E-state index contributed by atoms with van der Waals surface area (Å²) < 4.78 is 10.8. The van der Waals surface area contributed by atoms with E-state index in [1.165, 1.54) is 50.5 Å². The van der Waals surface area contributed by atoms with Gasteiger partial charge in [-0.15, -0.1) is 0 Å². The number of ether oxygens (including phenoxy) is 2. The number of aliphatic carboxylic acids is 1. The Bertz CT molecular complexity index is 457. The minimum atomic E-state index is -0.986. The lowest BCUT2D eigenvalue weighted by atomic mass is 10.0. The van der Waals surface area contributed by atoms with Gasteiger partial charge >= 0.3 is 5.97 Å². The van der Waals surface area contributed by atoms with Gasteiger partial charge in [0.1, 0.15) is 0 Å². The van der Waals surface area contributed by atoms with Crippen LogP contribution in [0.25, 0.3) is 0 Å². The highest BCUT2D eigenvalue weighted by Gasteiger charge is 2.08. The normalized spacial score (nSPS) is 10.5. The number of carboxylic acids is 1. The molecule has 0 aliphatic heterocycles. The zero-order valence-corrected chi connectivity index (χ0v) is 14.5. The molecule has 0 saturated carbocycles. The molecule has 130 valence electrons. The third-order valence-corrected chi connectivity index (χ3v) is 3.73. The first-order valence-electron chi connectivity index (χ1n) is 8.77. The Kier molecular flexibility index (Phi) is 9.92. The van der Waals surface area contributed by atoms with Crippen molar-refractivity contribution < 1.29 is 19.4 Å². The molecule has 1 rings (SSSR count). The SMILES string of the molecule is CCCCCCCCCc1ccc(OCC(=O)O)c(OCC)c1. The van der Waals surface area contributed by atoms with Crippen molar-refractivity contribution in [3.8, 4) is 11.5 Å². The van der Waals surface area contributed by atoms with Gasteiger partial charge in [-0.2, -0.15) is 0 Å². The van der Waals surface area contributed by atoms with Gasteiger partial charge in [0.2, 0.25) is 0 Å². The van der Waals surface area contributed by atoms with E-state index in [1.807, 2.05) is 25.1 Å². The second-order valence-electron chi connectivity index (χ2n) is 5.77. The Labute approximate surface area is 139 Å². The van der Waals surface area contributed by atoms with E-state index in [-0.39, 0.29) is 6.61 Å². The molecule has 0 unspecified atom stereocenters. The van der Waals surface area contributed by atoms with Crippen LogP contribution in [0.1, 0.15) is 64.4 Å². The molecule has 0 amide bonds. The molecule has 1 N–H and O–H groups in total. The zero-order chi connectivity index (χ0) is 16.9. The molecule has 0 saturated heterocycles. The van der Waals surface area contributed by atoms with Crippen LogP contribution in [0.15, 0.2) is 18.2 Å². The van der Waals surface area contributed by atoms with Crippen molar-refractivity contribution >= 4 is 5.97 Å². The Morgan fingerprint density at radius 2 is 1.65 bits per heavy atom. The number of aryl methyl sites for hydroxylation is 1. The van der Waals surface area contributed by atoms with E-state index in [0.717, 1.165) is 6.42 Å². The fraction of sp³-hybridized carbons (Fsp3) is 0.632. The van der Waals surface area contributed by atoms with Gasteiger partial charge in [0.05, 0.1) is 6.61 Å². The maximum absolute atomic E-state index is 10.6. The molecule has 0 radical (unpaired) electrons. The number of rotatable bonds is 13. The van der Waals surface area contributed by atoms with Crippen LogP contribution < -0.4 is 9.47 Å². The van der Waals surface area contributed by atoms with Gasteiger partial charge in [-0.05, 0) is 37.5 Å². The predicted octanol–water partition coefficient (Wildman–Crippen LogP) is 4.84. The van der Waals surface area contributed by atoms with Gasteiger partial charge in [-0.25, -0.2) is 4.79 Å². The third-order valence-electron chi connectivity index (χ3n) is 3.73. The van der Waals surface area contributed by atoms with Crippen molar-refractivity contribution in [3.63, 3.8) is 0 Å². The monoisotopic (exact) mass is 322 g/mol. The second-order valence-corrected chi connectivity index (χ2v) is 5.77. The zero-order valence-electron chi connectivity index (χ0n) is 14.5. The van der Waals surface area contributed by atoms with Crippen LogP contribution in [-0.4, -0.2) is 24.3 Å². The molecule has 1 aromatic carbocycles. The summed E-state index contributed by atoms with van der Waals surface area (Å²) in [6, 6.07) is 5.78. The van der Waals surface area contributed by atoms with E-state index in [0.29, 0.717) is 18.1 Å². The van der Waals surface area contributed by atoms with Crippen molar-refractivity contribution in [1.82, 2.24) is 0 Å². The van der Waals surface area contributed by atoms with Gasteiger partial charge in [0.25, 0.3) is 0 Å². The topological polar surface area (TPSA) is 55.8 Å². The maximum atomic E-state index is 10.6. The van der Waals surface area contributed by atoms with E-state index in [4.69, 9.17) is 14.6 Å². The highest BCUT2D eigenvalue weighted by atomic mass is 16.5. The number of unbranched alkanes of at least 4 members (excludes halogenated alkanes) is 6. The van der Waals surface area contributed by atoms with Crippen molar-refractivity contribution in [2.24, 2.45) is 0 Å². The molecule has 0 spiro atoms. The smallest absolute Gasteiger partial charge is 0.341 e. The number of carbonyl (C=O) groups is 1. The standard InChI is InChI=1S/C19H30O4/c1-3-5-6-7-8-9-10-11-16-12-13-17(23-15-19(20)21)18(14-16)22-4-2/h12-14H,3-11,15H2,1-2H3,(H,20,21). The summed E-state index contributed by atoms with van der Waals surface area (Å²) in [5, 5.41) is 8.70. The summed E-state index contributed by atoms with van der Waals surface area (Å²) in [5.74, 6) is 0.145. The average Bonchev–Trinajstić information content (AvgIpc) is 2.53. The van der Waals surface area contributed by atoms with Crippen LogP contribution in [0.4, 0.5) is 0 Å². The molecule has 1 aromatic rings. The summed E-state index contributed by atoms with van der Waals surface area (Å²) in [6.07, 6.45) is 10.1. The molecule has 4 heteroatoms. The molecule has 0 atom stereocenters. The summed E-state index contributed by atoms with van der Waals surface area (Å²) >= 11 is 0. The predicted molar refractivity (Wildman–Crippen MR) is 92.4 cm³/mol. The summed E-state index contributed by atoms with van der Waals surface area (Å²) in [4.78, 5) is 10.6. The van der Waals surface area contributed by atoms with Crippen LogP contribution >= 0.6 is 0 Å². The number of benzene rings is 1. The molecule has 4 nitrogen and oxygen atoms in total. The molecule has 0 fully saturated rings. The number of carboxylic acid groups (broad SMARTS) is 1. The van der Waals surface area contributed by atoms with Crippen molar-refractivity contribution in [1.29, 1.82) is 0 Å². The second kappa shape index (κ2) is 11.8. The molecule has 0 heterocycles. The van der Waals surface area contributed by atoms with Gasteiger partial charge in [-0.1, -0.05) is 51.5 Å². The molecule has 0 aromatic heterocycles. The lowest BCUT2D eigenvalue weighted by Gasteiger charge is -2.12. The van der Waals surface area contributed by atoms with Crippen LogP contribution in [-0.2, 0) is 11.2 Å². The average molecular weight is 322 g/mol. The molecule has 23 heavy (non-hydrogen) atoms. The van der Waals surface area contributed by atoms with Gasteiger partial charge < -0.3 is 14.6 Å². The molecule has 0 aliphatic carbocycles.